The minimum atomic E-state index is 0. The van der Waals surface area contributed by atoms with Crippen LogP contribution < -0.4 is 56.2 Å². The minimum Gasteiger partial charge on any atom is -1.00 e. The van der Waals surface area contributed by atoms with Crippen molar-refractivity contribution in [3.63, 3.8) is 0 Å². The minimum absolute atomic E-state index is 0. The van der Waals surface area contributed by atoms with Gasteiger partial charge >= 0.3 is 0 Å². The molecule has 0 fully saturated rings. The lowest BCUT2D eigenvalue weighted by Gasteiger charge is -2.23. The normalized spacial score (nSPS) is 12.1. The zero-order valence-corrected chi connectivity index (χ0v) is 54.9. The van der Waals surface area contributed by atoms with Gasteiger partial charge in [-0.15, -0.1) is 0 Å². The first-order chi connectivity index (χ1) is 40.0. The maximum Gasteiger partial charge on any atom is 0.119 e. The van der Waals surface area contributed by atoms with Crippen LogP contribution in [0.15, 0.2) is 121 Å². The number of ether oxygens (including phenoxy) is 4. The molecule has 0 spiro atoms. The molecule has 11 nitrogen and oxygen atoms in total. The molecule has 4 aromatic carbocycles. The van der Waals surface area contributed by atoms with Crippen molar-refractivity contribution in [3.05, 3.63) is 144 Å². The van der Waals surface area contributed by atoms with E-state index < -0.39 is 0 Å². The van der Waals surface area contributed by atoms with Crippen LogP contribution >= 0.6 is 0 Å². The van der Waals surface area contributed by atoms with Crippen molar-refractivity contribution in [2.75, 3.05) is 109 Å². The molecule has 86 heavy (non-hydrogen) atoms. The van der Waals surface area contributed by atoms with Gasteiger partial charge in [0.05, 0.1) is 132 Å². The number of aromatic amines is 2. The van der Waals surface area contributed by atoms with Crippen molar-refractivity contribution in [2.24, 2.45) is 0 Å². The lowest BCUT2D eigenvalue weighted by Crippen LogP contribution is -3.00. The number of unbranched alkanes of at least 4 members (excludes halogenated alkanes) is 7. The maximum atomic E-state index is 6.35. The highest BCUT2D eigenvalue weighted by atomic mass is 35.5. The monoisotopic (exact) mass is 1220 g/mol. The van der Waals surface area contributed by atoms with Crippen LogP contribution in [0.1, 0.15) is 100 Å². The van der Waals surface area contributed by atoms with Gasteiger partial charge < -0.3 is 79.6 Å². The van der Waals surface area contributed by atoms with Crippen LogP contribution in [-0.2, 0) is 0 Å². The van der Waals surface area contributed by atoms with Gasteiger partial charge in [0.25, 0.3) is 0 Å². The second-order valence-electron chi connectivity index (χ2n) is 25.6. The van der Waals surface area contributed by atoms with Crippen LogP contribution in [-0.4, -0.2) is 143 Å². The average Bonchev–Trinajstić information content (AvgIpc) is 2.81. The number of fused-ring (bicyclic) bond motifs is 8. The molecule has 0 amide bonds. The number of nitrogens with one attached hydrogen (secondary N) is 2. The molecule has 0 unspecified atom stereocenters. The van der Waals surface area contributed by atoms with Crippen molar-refractivity contribution < 1.29 is 69.6 Å². The zero-order valence-electron chi connectivity index (χ0n) is 52.6. The summed E-state index contributed by atoms with van der Waals surface area (Å²) in [6.07, 6.45) is 21.6. The Labute approximate surface area is 531 Å². The summed E-state index contributed by atoms with van der Waals surface area (Å²) in [5.74, 6) is 3.40. The van der Waals surface area contributed by atoms with E-state index in [9.17, 15) is 0 Å². The highest BCUT2D eigenvalue weighted by Crippen LogP contribution is 2.40. The van der Waals surface area contributed by atoms with Gasteiger partial charge in [0.2, 0.25) is 0 Å². The number of aromatic nitrogens is 4. The number of halogens is 3. The van der Waals surface area contributed by atoms with Crippen LogP contribution in [0, 0.1) is 0 Å². The molecule has 7 aromatic rings. The summed E-state index contributed by atoms with van der Waals surface area (Å²) in [6, 6.07) is 42.7. The van der Waals surface area contributed by atoms with E-state index in [0.29, 0.717) is 26.4 Å². The molecule has 2 aliphatic heterocycles. The molecule has 0 radical (unpaired) electrons. The first-order valence-electron chi connectivity index (χ1n) is 30.5. The van der Waals surface area contributed by atoms with Gasteiger partial charge in [-0.3, -0.25) is 0 Å². The fourth-order valence-corrected chi connectivity index (χ4v) is 10.9. The molecule has 9 rings (SSSR count). The Morgan fingerprint density at radius 1 is 0.302 bits per heavy atom. The average molecular weight is 1230 g/mol. The molecular formula is C72H92Cl3N7O4. The largest absolute Gasteiger partial charge is 1.00 e. The molecule has 14 heteroatoms. The van der Waals surface area contributed by atoms with Gasteiger partial charge in [-0.05, 0) is 126 Å². The van der Waals surface area contributed by atoms with Crippen LogP contribution in [0.3, 0.4) is 0 Å². The molecule has 0 saturated carbocycles. The summed E-state index contributed by atoms with van der Waals surface area (Å²) in [4.78, 5) is 19.0. The fraction of sp³-hybridized carbons (Fsp3) is 0.389. The summed E-state index contributed by atoms with van der Waals surface area (Å²) < 4.78 is 28.0. The van der Waals surface area contributed by atoms with Crippen molar-refractivity contribution in [2.45, 2.75) is 77.6 Å². The number of hydrogen-bond donors (Lipinski definition) is 2. The summed E-state index contributed by atoms with van der Waals surface area (Å²) in [7, 11) is 19.9. The second-order valence-corrected chi connectivity index (χ2v) is 25.6. The number of hydrogen-bond acceptors (Lipinski definition) is 6. The predicted molar refractivity (Wildman–Crippen MR) is 348 cm³/mol. The summed E-state index contributed by atoms with van der Waals surface area (Å²) in [5, 5.41) is 0. The van der Waals surface area contributed by atoms with Gasteiger partial charge in [0.1, 0.15) is 23.0 Å². The Morgan fingerprint density at radius 3 is 0.779 bits per heavy atom. The maximum absolute atomic E-state index is 6.35. The van der Waals surface area contributed by atoms with E-state index in [2.05, 4.69) is 226 Å². The topological polar surface area (TPSA) is 94.3 Å². The molecular weight excluding hydrogens is 1130 g/mol. The first-order valence-corrected chi connectivity index (χ1v) is 30.5. The summed E-state index contributed by atoms with van der Waals surface area (Å²) >= 11 is 0. The van der Waals surface area contributed by atoms with Crippen molar-refractivity contribution >= 4 is 46.4 Å². The second kappa shape index (κ2) is 31.9. The van der Waals surface area contributed by atoms with Crippen LogP contribution in [0.4, 0.5) is 0 Å². The molecule has 0 aliphatic carbocycles. The summed E-state index contributed by atoms with van der Waals surface area (Å²) in [6.45, 7) is 8.05. The van der Waals surface area contributed by atoms with Crippen LogP contribution in [0.5, 0.6) is 23.0 Å². The van der Waals surface area contributed by atoms with Crippen LogP contribution in [0.25, 0.3) is 90.9 Å². The van der Waals surface area contributed by atoms with Gasteiger partial charge in [0, 0.05) is 63.6 Å². The van der Waals surface area contributed by atoms with E-state index >= 15 is 0 Å². The Bertz CT molecular complexity index is 3420. The molecule has 5 heterocycles. The van der Waals surface area contributed by atoms with Gasteiger partial charge in [-0.25, -0.2) is 9.97 Å². The molecule has 460 valence electrons. The van der Waals surface area contributed by atoms with E-state index in [4.69, 9.17) is 28.9 Å². The SMILES string of the molecule is CCCCCCCCCCOc1ccc(-c2c3nc(c(-c4ccc(OCCC[N+](C)(C)C)cc4)c4ccc([nH]4)c(-c4ccc(OCCC[N+](C)(C)C)cc4)c4nc(c(-c5ccc(OCCC[N+](C)(C)C)cc5)c5ccc2[nH]5)C=C4)C=C3)cc1.[Cl-].[Cl-].[Cl-]. The third-order valence-corrected chi connectivity index (χ3v) is 15.3. The number of nitrogens with zero attached hydrogens (tertiary/aromatic N) is 5. The Hall–Kier alpha value is -6.57. The predicted octanol–water partition coefficient (Wildman–Crippen LogP) is 7.28. The van der Waals surface area contributed by atoms with E-state index in [1.54, 1.807) is 0 Å². The molecule has 2 aliphatic rings. The van der Waals surface area contributed by atoms with Crippen LogP contribution in [0.2, 0.25) is 0 Å². The van der Waals surface area contributed by atoms with E-state index in [1.807, 2.05) is 0 Å². The first kappa shape index (κ1) is 68.5. The molecule has 0 saturated heterocycles. The molecule has 0 atom stereocenters. The third kappa shape index (κ3) is 19.5. The van der Waals surface area contributed by atoms with Crippen molar-refractivity contribution in [3.8, 4) is 67.5 Å². The van der Waals surface area contributed by atoms with Gasteiger partial charge in [0.15, 0.2) is 0 Å². The quantitative estimate of drug-likeness (QED) is 0.0379. The lowest BCUT2D eigenvalue weighted by atomic mass is 10.0. The number of benzene rings is 4. The molecule has 8 bridgehead atoms. The molecule has 3 aromatic heterocycles. The summed E-state index contributed by atoms with van der Waals surface area (Å²) in [5.41, 5.74) is 15.1. The van der Waals surface area contributed by atoms with E-state index in [1.165, 1.54) is 44.9 Å². The number of H-pyrrole nitrogens is 2. The lowest BCUT2D eigenvalue weighted by molar-refractivity contribution is -0.870. The highest BCUT2D eigenvalue weighted by Gasteiger charge is 2.20. The zero-order chi connectivity index (χ0) is 58.4. The van der Waals surface area contributed by atoms with Crippen molar-refractivity contribution in [1.29, 1.82) is 0 Å². The van der Waals surface area contributed by atoms with E-state index in [-0.39, 0.29) is 37.2 Å². The highest BCUT2D eigenvalue weighted by molar-refractivity contribution is 6.00. The Morgan fingerprint density at radius 2 is 0.535 bits per heavy atom. The fourth-order valence-electron chi connectivity index (χ4n) is 10.9. The number of rotatable bonds is 29. The Balaban J connectivity index is 0.00000394. The van der Waals surface area contributed by atoms with Crippen molar-refractivity contribution in [1.82, 2.24) is 19.9 Å². The van der Waals surface area contributed by atoms with Gasteiger partial charge in [-0.1, -0.05) is 100 Å². The third-order valence-electron chi connectivity index (χ3n) is 15.3. The molecule has 2 N–H and O–H groups in total. The Kier molecular flexibility index (Phi) is 25.4. The number of quaternary nitrogens is 3. The standard InChI is InChI=1S/C72H92N7O4.3ClH/c1-11-12-13-14-15-16-17-18-49-80-57-30-22-53(23-31-57)69-61-38-40-63(73-61)70(54-24-32-58(33-25-54)81-50-19-46-77(2,3)4)65-42-44-67(75-65)72(56-28-36-60(37-29-56)83-52-21-48-79(8,9)10)68-45-43-66(76-68)71(64-41-39-62(69)74-64)55-26-34-59(35-27-55)82-51-20-47-78(5,6)7;;;/h22-45,73,76H,11-21,46-52H2,1-10H3;3*1H/q+3;;;/p-3. The smallest absolute Gasteiger partial charge is 0.119 e. The van der Waals surface area contributed by atoms with E-state index in [0.717, 1.165) is 171 Å². The van der Waals surface area contributed by atoms with Gasteiger partial charge in [-0.2, -0.15) is 0 Å².